The van der Waals surface area contributed by atoms with Crippen LogP contribution in [-0.2, 0) is 25.9 Å². The van der Waals surface area contributed by atoms with E-state index >= 15 is 0 Å². The van der Waals surface area contributed by atoms with Crippen molar-refractivity contribution in [2.24, 2.45) is 0 Å². The largest absolute Gasteiger partial charge is 2.00 e. The van der Waals surface area contributed by atoms with Crippen LogP contribution in [0.2, 0.25) is 0 Å². The van der Waals surface area contributed by atoms with Crippen LogP contribution in [0.5, 0.6) is 0 Å². The van der Waals surface area contributed by atoms with Crippen LogP contribution in [0.1, 0.15) is 0 Å². The second kappa shape index (κ2) is 11.4. The van der Waals surface area contributed by atoms with Crippen molar-refractivity contribution in [3.63, 3.8) is 0 Å². The molecule has 0 bridgehead atoms. The molecule has 0 unspecified atom stereocenters. The van der Waals surface area contributed by atoms with E-state index in [1.165, 1.54) is 0 Å². The van der Waals surface area contributed by atoms with Gasteiger partial charge in [0.15, 0.2) is 0 Å². The molecule has 4 nitrogen and oxygen atoms in total. The van der Waals surface area contributed by atoms with Gasteiger partial charge in [0.05, 0.1) is 14.7 Å². The molecule has 0 N–H and O–H groups in total. The molecule has 4 aromatic rings. The molecule has 31 heavy (non-hydrogen) atoms. The van der Waals surface area contributed by atoms with Gasteiger partial charge in [-0.05, 0) is 0 Å². The van der Waals surface area contributed by atoms with Crippen molar-refractivity contribution >= 4 is 36.0 Å². The predicted octanol–water partition coefficient (Wildman–Crippen LogP) is 2.55. The Bertz CT molecular complexity index is 973. The summed E-state index contributed by atoms with van der Waals surface area (Å²) < 4.78 is 24.1. The molecule has 0 fully saturated rings. The van der Waals surface area contributed by atoms with Crippen molar-refractivity contribution in [3.05, 3.63) is 121 Å². The molecular formula is C24H20CoO4P2. The summed E-state index contributed by atoms with van der Waals surface area (Å²) in [5.74, 6) is 0. The fourth-order valence-electron chi connectivity index (χ4n) is 2.80. The van der Waals surface area contributed by atoms with Crippen LogP contribution in [-0.4, -0.2) is 0 Å². The summed E-state index contributed by atoms with van der Waals surface area (Å²) in [6.07, 6.45) is 0. The Hall–Kier alpha value is -2.23. The van der Waals surface area contributed by atoms with Gasteiger partial charge in [0.25, 0.3) is 0 Å². The summed E-state index contributed by atoms with van der Waals surface area (Å²) in [5, 5.41) is 1.43. The summed E-state index contributed by atoms with van der Waals surface area (Å²) in [6, 6.07) is 33.9. The van der Waals surface area contributed by atoms with Gasteiger partial charge in [-0.1, -0.05) is 121 Å². The molecule has 159 valence electrons. The van der Waals surface area contributed by atoms with E-state index in [1.54, 1.807) is 121 Å². The predicted molar refractivity (Wildman–Crippen MR) is 120 cm³/mol. The van der Waals surface area contributed by atoms with Gasteiger partial charge < -0.3 is 18.9 Å². The Kier molecular flexibility index (Phi) is 9.21. The Morgan fingerprint density at radius 2 is 0.548 bits per heavy atom. The molecule has 1 radical (unpaired) electrons. The van der Waals surface area contributed by atoms with Gasteiger partial charge in [-0.3, -0.25) is 0 Å². The van der Waals surface area contributed by atoms with E-state index in [0.29, 0.717) is 21.2 Å². The zero-order valence-electron chi connectivity index (χ0n) is 16.4. The Morgan fingerprint density at radius 1 is 0.387 bits per heavy atom. The van der Waals surface area contributed by atoms with E-state index in [9.17, 15) is 18.9 Å². The number of hydrogen-bond acceptors (Lipinski definition) is 4. The first kappa shape index (κ1) is 25.0. The minimum Gasteiger partial charge on any atom is -0.793 e. The maximum absolute atomic E-state index is 12.1. The van der Waals surface area contributed by atoms with Crippen molar-refractivity contribution in [3.8, 4) is 0 Å². The van der Waals surface area contributed by atoms with Gasteiger partial charge in [-0.2, -0.15) is 0 Å². The van der Waals surface area contributed by atoms with Crippen molar-refractivity contribution < 1.29 is 35.7 Å². The van der Waals surface area contributed by atoms with Crippen molar-refractivity contribution in [2.45, 2.75) is 0 Å². The van der Waals surface area contributed by atoms with Crippen LogP contribution in [0.4, 0.5) is 0 Å². The second-order valence-corrected chi connectivity index (χ2v) is 10.7. The van der Waals surface area contributed by atoms with Crippen LogP contribution >= 0.6 is 14.7 Å². The molecule has 4 aromatic carbocycles. The number of rotatable bonds is 4. The molecule has 0 saturated carbocycles. The molecule has 0 atom stereocenters. The first-order chi connectivity index (χ1) is 14.4. The van der Waals surface area contributed by atoms with Gasteiger partial charge in [-0.25, -0.2) is 0 Å². The molecule has 7 heteroatoms. The molecule has 0 aliphatic heterocycles. The quantitative estimate of drug-likeness (QED) is 0.410. The van der Waals surface area contributed by atoms with E-state index < -0.39 is 14.7 Å². The number of benzene rings is 4. The molecule has 0 spiro atoms. The van der Waals surface area contributed by atoms with E-state index in [-0.39, 0.29) is 16.8 Å². The van der Waals surface area contributed by atoms with Crippen molar-refractivity contribution in [1.29, 1.82) is 0 Å². The molecule has 0 aliphatic carbocycles. The monoisotopic (exact) mass is 493 g/mol. The Morgan fingerprint density at radius 3 is 0.710 bits per heavy atom. The minimum absolute atomic E-state index is 0. The van der Waals surface area contributed by atoms with Gasteiger partial charge in [0.1, 0.15) is 0 Å². The van der Waals surface area contributed by atoms with Gasteiger partial charge in [-0.15, -0.1) is 0 Å². The third kappa shape index (κ3) is 6.38. The minimum atomic E-state index is -3.65. The standard InChI is InChI=1S/2C12H11O2P.Co/c2*13-15(14,11-7-3-1-4-8-11)12-9-5-2-6-10-12;/h2*1-10H,(H,13,14);/q;;+2/p-2. The molecular weight excluding hydrogens is 473 g/mol. The van der Waals surface area contributed by atoms with Crippen LogP contribution in [0.25, 0.3) is 0 Å². The van der Waals surface area contributed by atoms with Crippen LogP contribution in [0.15, 0.2) is 121 Å². The maximum atomic E-state index is 12.1. The van der Waals surface area contributed by atoms with Gasteiger partial charge in [0.2, 0.25) is 0 Å². The van der Waals surface area contributed by atoms with Crippen LogP contribution in [0, 0.1) is 0 Å². The second-order valence-electron chi connectivity index (χ2n) is 6.45. The fourth-order valence-corrected chi connectivity index (χ4v) is 5.65. The average Bonchev–Trinajstić information content (AvgIpc) is 2.82. The van der Waals surface area contributed by atoms with E-state index in [0.717, 1.165) is 0 Å². The van der Waals surface area contributed by atoms with Gasteiger partial charge in [0, 0.05) is 21.2 Å². The van der Waals surface area contributed by atoms with E-state index in [4.69, 9.17) is 0 Å². The van der Waals surface area contributed by atoms with E-state index in [2.05, 4.69) is 0 Å². The summed E-state index contributed by atoms with van der Waals surface area (Å²) in [5.41, 5.74) is 0. The first-order valence-electron chi connectivity index (χ1n) is 9.27. The number of hydrogen-bond donors (Lipinski definition) is 0. The normalized spacial score (nSPS) is 10.9. The molecule has 0 saturated heterocycles. The molecule has 0 amide bonds. The third-order valence-electron chi connectivity index (χ3n) is 4.38. The van der Waals surface area contributed by atoms with Gasteiger partial charge >= 0.3 is 16.8 Å². The summed E-state index contributed by atoms with van der Waals surface area (Å²) >= 11 is 0. The fraction of sp³-hybridized carbons (Fsp3) is 0. The zero-order chi connectivity index (χ0) is 21.5. The third-order valence-corrected chi connectivity index (χ3v) is 8.30. The molecule has 0 aromatic heterocycles. The maximum Gasteiger partial charge on any atom is 2.00 e. The van der Waals surface area contributed by atoms with E-state index in [1.807, 2.05) is 0 Å². The Balaban J connectivity index is 0.000000213. The Labute approximate surface area is 192 Å². The van der Waals surface area contributed by atoms with Crippen LogP contribution in [0.3, 0.4) is 0 Å². The van der Waals surface area contributed by atoms with Crippen molar-refractivity contribution in [2.75, 3.05) is 0 Å². The first-order valence-corrected chi connectivity index (χ1v) is 12.5. The summed E-state index contributed by atoms with van der Waals surface area (Å²) in [7, 11) is -7.29. The SMILES string of the molecule is O=P([O-])(c1ccccc1)c1ccccc1.O=P([O-])(c1ccccc1)c1ccccc1.[Co+2]. The summed E-state index contributed by atoms with van der Waals surface area (Å²) in [4.78, 5) is 24.1. The smallest absolute Gasteiger partial charge is 0.793 e. The molecule has 0 aliphatic rings. The summed E-state index contributed by atoms with van der Waals surface area (Å²) in [6.45, 7) is 0. The topological polar surface area (TPSA) is 80.3 Å². The zero-order valence-corrected chi connectivity index (χ0v) is 19.2. The van der Waals surface area contributed by atoms with Crippen molar-refractivity contribution in [1.82, 2.24) is 0 Å². The average molecular weight is 493 g/mol. The van der Waals surface area contributed by atoms with Crippen LogP contribution < -0.4 is 31.0 Å². The molecule has 0 heterocycles. The molecule has 4 rings (SSSR count).